The number of ether oxygens (including phenoxy) is 2. The molecular weight excluding hydrogens is 474 g/mol. The van der Waals surface area contributed by atoms with Crippen molar-refractivity contribution in [3.63, 3.8) is 0 Å². The van der Waals surface area contributed by atoms with E-state index < -0.39 is 0 Å². The third-order valence-electron chi connectivity index (χ3n) is 4.16. The normalized spacial score (nSPS) is 11.2. The van der Waals surface area contributed by atoms with Crippen molar-refractivity contribution < 1.29 is 9.47 Å². The van der Waals surface area contributed by atoms with Gasteiger partial charge in [-0.1, -0.05) is 51.9 Å². The van der Waals surface area contributed by atoms with Gasteiger partial charge in [-0.25, -0.2) is 0 Å². The van der Waals surface area contributed by atoms with E-state index in [1.165, 1.54) is 0 Å². The van der Waals surface area contributed by atoms with Crippen LogP contribution in [0.1, 0.15) is 16.8 Å². The van der Waals surface area contributed by atoms with Gasteiger partial charge in [-0.05, 0) is 31.5 Å². The van der Waals surface area contributed by atoms with Crippen LogP contribution in [0.25, 0.3) is 11.0 Å². The van der Waals surface area contributed by atoms with Crippen LogP contribution in [0.15, 0.2) is 30.5 Å². The van der Waals surface area contributed by atoms with E-state index in [2.05, 4.69) is 46.0 Å². The van der Waals surface area contributed by atoms with Crippen LogP contribution in [0.2, 0.25) is 10.0 Å². The van der Waals surface area contributed by atoms with Crippen molar-refractivity contribution in [1.29, 1.82) is 0 Å². The van der Waals surface area contributed by atoms with E-state index >= 15 is 0 Å². The molecule has 0 unspecified atom stereocenters. The van der Waals surface area contributed by atoms with Crippen LogP contribution in [-0.4, -0.2) is 14.2 Å². The Morgan fingerprint density at radius 3 is 2.72 bits per heavy atom. The first kappa shape index (κ1) is 18.8. The Balaban J connectivity index is 1.97. The fourth-order valence-electron chi connectivity index (χ4n) is 2.71. The van der Waals surface area contributed by atoms with Gasteiger partial charge in [-0.3, -0.25) is 4.98 Å². The molecule has 4 nitrogen and oxygen atoms in total. The summed E-state index contributed by atoms with van der Waals surface area (Å²) in [5, 5.41) is 1.20. The van der Waals surface area contributed by atoms with E-state index in [-0.39, 0.29) is 0 Å². The topological polar surface area (TPSA) is 36.3 Å². The lowest BCUT2D eigenvalue weighted by atomic mass is 10.2. The highest BCUT2D eigenvalue weighted by Gasteiger charge is 2.16. The van der Waals surface area contributed by atoms with Gasteiger partial charge in [0.05, 0.1) is 5.52 Å². The number of aryl methyl sites for hydroxylation is 1. The largest absolute Gasteiger partial charge is 0.487 e. The van der Waals surface area contributed by atoms with Crippen molar-refractivity contribution in [2.24, 2.45) is 0 Å². The summed E-state index contributed by atoms with van der Waals surface area (Å²) in [6.07, 6.45) is 1.76. The molecule has 132 valence electrons. The number of aromatic nitrogens is 2. The quantitative estimate of drug-likeness (QED) is 0.318. The summed E-state index contributed by atoms with van der Waals surface area (Å²) < 4.78 is 14.4. The van der Waals surface area contributed by atoms with Gasteiger partial charge in [0.15, 0.2) is 0 Å². The zero-order valence-electron chi connectivity index (χ0n) is 13.9. The molecule has 1 aromatic carbocycles. The average Bonchev–Trinajstić information content (AvgIpc) is 2.84. The van der Waals surface area contributed by atoms with Crippen LogP contribution in [-0.2, 0) is 18.1 Å². The molecule has 0 spiro atoms. The molecule has 3 rings (SSSR count). The van der Waals surface area contributed by atoms with Crippen molar-refractivity contribution in [3.8, 4) is 5.75 Å². The second-order valence-electron chi connectivity index (χ2n) is 5.61. The Morgan fingerprint density at radius 2 is 2.00 bits per heavy atom. The van der Waals surface area contributed by atoms with Crippen LogP contribution in [0.3, 0.4) is 0 Å². The minimum Gasteiger partial charge on any atom is -0.487 e. The summed E-state index contributed by atoms with van der Waals surface area (Å²) in [6, 6.07) is 7.26. The minimum atomic E-state index is 0.353. The molecule has 0 amide bonds. The average molecular weight is 491 g/mol. The van der Waals surface area contributed by atoms with Gasteiger partial charge in [0.1, 0.15) is 29.2 Å². The third-order valence-corrected chi connectivity index (χ3v) is 5.18. The van der Waals surface area contributed by atoms with E-state index in [1.807, 2.05) is 12.1 Å². The molecule has 7 heteroatoms. The maximum Gasteiger partial charge on any atom is 0.147 e. The summed E-state index contributed by atoms with van der Waals surface area (Å²) in [5.41, 5.74) is 4.99. The molecule has 2 aromatic heterocycles. The van der Waals surface area contributed by atoms with Gasteiger partial charge >= 0.3 is 0 Å². The Morgan fingerprint density at radius 1 is 1.20 bits per heavy atom. The molecule has 0 aliphatic rings. The SMILES string of the molecule is Cc1c(C)n(COCI)c2c(OCc3ccc(Cl)cc3Cl)ccnc12. The maximum absolute atomic E-state index is 6.24. The van der Waals surface area contributed by atoms with E-state index in [0.29, 0.717) is 28.0 Å². The summed E-state index contributed by atoms with van der Waals surface area (Å²) >= 11 is 14.4. The lowest BCUT2D eigenvalue weighted by Crippen LogP contribution is -2.05. The number of benzene rings is 1. The summed E-state index contributed by atoms with van der Waals surface area (Å²) in [7, 11) is 0. The Bertz CT molecular complexity index is 912. The Hall–Kier alpha value is -1.02. The van der Waals surface area contributed by atoms with Crippen molar-refractivity contribution >= 4 is 56.8 Å². The highest BCUT2D eigenvalue weighted by atomic mass is 127. The summed E-state index contributed by atoms with van der Waals surface area (Å²) in [5.74, 6) is 0.754. The molecule has 0 N–H and O–H groups in total. The molecule has 0 atom stereocenters. The number of fused-ring (bicyclic) bond motifs is 1. The molecule has 0 aliphatic carbocycles. The van der Waals surface area contributed by atoms with Crippen LogP contribution in [0.5, 0.6) is 5.75 Å². The predicted octanol–water partition coefficient (Wildman–Crippen LogP) is 5.91. The monoisotopic (exact) mass is 490 g/mol. The standard InChI is InChI=1S/C18H17Cl2IN2O2/c1-11-12(2)23(10-24-9-21)18-16(5-6-22-17(11)18)25-8-13-3-4-14(19)7-15(13)20/h3-7H,8-10H2,1-2H3. The molecule has 0 fully saturated rings. The molecule has 0 saturated carbocycles. The first-order valence-electron chi connectivity index (χ1n) is 7.67. The number of halogens is 3. The van der Waals surface area contributed by atoms with Crippen LogP contribution >= 0.6 is 45.8 Å². The fourth-order valence-corrected chi connectivity index (χ4v) is 3.37. The van der Waals surface area contributed by atoms with Crippen molar-refractivity contribution in [3.05, 3.63) is 57.3 Å². The zero-order valence-corrected chi connectivity index (χ0v) is 17.5. The molecule has 0 radical (unpaired) electrons. The molecule has 0 aliphatic heterocycles. The zero-order chi connectivity index (χ0) is 18.0. The summed E-state index contributed by atoms with van der Waals surface area (Å²) in [6.45, 7) is 4.94. The van der Waals surface area contributed by atoms with Gasteiger partial charge in [-0.2, -0.15) is 0 Å². The van der Waals surface area contributed by atoms with Gasteiger partial charge < -0.3 is 14.0 Å². The van der Waals surface area contributed by atoms with Crippen LogP contribution < -0.4 is 4.74 Å². The number of rotatable bonds is 6. The molecular formula is C18H17Cl2IN2O2. The van der Waals surface area contributed by atoms with Gasteiger partial charge in [0.25, 0.3) is 0 Å². The first-order valence-corrected chi connectivity index (χ1v) is 9.96. The van der Waals surface area contributed by atoms with E-state index in [1.54, 1.807) is 18.3 Å². The second kappa shape index (κ2) is 8.12. The van der Waals surface area contributed by atoms with E-state index in [0.717, 1.165) is 33.6 Å². The third kappa shape index (κ3) is 3.89. The predicted molar refractivity (Wildman–Crippen MR) is 110 cm³/mol. The number of hydrogen-bond acceptors (Lipinski definition) is 3. The molecule has 2 heterocycles. The van der Waals surface area contributed by atoms with Crippen molar-refractivity contribution in [2.75, 3.05) is 4.61 Å². The van der Waals surface area contributed by atoms with E-state index in [4.69, 9.17) is 32.7 Å². The number of nitrogens with zero attached hydrogens (tertiary/aromatic N) is 2. The first-order chi connectivity index (χ1) is 12.0. The van der Waals surface area contributed by atoms with Gasteiger partial charge in [0, 0.05) is 33.6 Å². The van der Waals surface area contributed by atoms with Crippen LogP contribution in [0, 0.1) is 13.8 Å². The smallest absolute Gasteiger partial charge is 0.147 e. The number of hydrogen-bond donors (Lipinski definition) is 0. The lowest BCUT2D eigenvalue weighted by Gasteiger charge is -2.13. The second-order valence-corrected chi connectivity index (χ2v) is 7.08. The van der Waals surface area contributed by atoms with Crippen molar-refractivity contribution in [2.45, 2.75) is 27.2 Å². The Labute approximate surface area is 170 Å². The van der Waals surface area contributed by atoms with Gasteiger partial charge in [-0.15, -0.1) is 0 Å². The molecule has 3 aromatic rings. The van der Waals surface area contributed by atoms with Crippen LogP contribution in [0.4, 0.5) is 0 Å². The highest BCUT2D eigenvalue weighted by Crippen LogP contribution is 2.32. The summed E-state index contributed by atoms with van der Waals surface area (Å²) in [4.78, 5) is 4.51. The Kier molecular flexibility index (Phi) is 6.09. The van der Waals surface area contributed by atoms with E-state index in [9.17, 15) is 0 Å². The number of pyridine rings is 1. The lowest BCUT2D eigenvalue weighted by molar-refractivity contribution is 0.126. The highest BCUT2D eigenvalue weighted by molar-refractivity contribution is 14.1. The molecule has 25 heavy (non-hydrogen) atoms. The number of alkyl halides is 1. The minimum absolute atomic E-state index is 0.353. The van der Waals surface area contributed by atoms with Gasteiger partial charge in [0.2, 0.25) is 0 Å². The molecule has 0 bridgehead atoms. The maximum atomic E-state index is 6.24. The fraction of sp³-hybridized carbons (Fsp3) is 0.278. The molecule has 0 saturated heterocycles. The van der Waals surface area contributed by atoms with Crippen molar-refractivity contribution in [1.82, 2.24) is 9.55 Å².